The summed E-state index contributed by atoms with van der Waals surface area (Å²) in [6, 6.07) is 7.34. The van der Waals surface area contributed by atoms with Gasteiger partial charge >= 0.3 is 0 Å². The predicted octanol–water partition coefficient (Wildman–Crippen LogP) is 3.33. The minimum atomic E-state index is -0.311. The fourth-order valence-electron chi connectivity index (χ4n) is 1.58. The van der Waals surface area contributed by atoms with Gasteiger partial charge in [-0.3, -0.25) is 4.79 Å². The predicted molar refractivity (Wildman–Crippen MR) is 75.3 cm³/mol. The van der Waals surface area contributed by atoms with E-state index in [1.54, 1.807) is 25.2 Å². The first-order valence-electron chi connectivity index (χ1n) is 5.95. The lowest BCUT2D eigenvalue weighted by Gasteiger charge is -2.16. The summed E-state index contributed by atoms with van der Waals surface area (Å²) in [5.74, 6) is 0.0968. The van der Waals surface area contributed by atoms with Crippen molar-refractivity contribution in [3.8, 4) is 5.75 Å². The molecule has 0 aliphatic carbocycles. The third kappa shape index (κ3) is 3.60. The van der Waals surface area contributed by atoms with E-state index >= 15 is 0 Å². The summed E-state index contributed by atoms with van der Waals surface area (Å²) in [6.07, 6.45) is 1.44. The van der Waals surface area contributed by atoms with Crippen LogP contribution in [0.4, 0.5) is 4.39 Å². The molecule has 0 N–H and O–H groups in total. The Morgan fingerprint density at radius 3 is 2.65 bits per heavy atom. The Balaban J connectivity index is 1.83. The second kappa shape index (κ2) is 6.56. The van der Waals surface area contributed by atoms with E-state index in [1.165, 1.54) is 23.3 Å². The minimum Gasteiger partial charge on any atom is -0.492 e. The molecule has 1 heterocycles. The molecule has 4 nitrogen and oxygen atoms in total. The molecule has 2 aromatic rings. The molecule has 0 aliphatic heterocycles. The molecule has 0 atom stereocenters. The van der Waals surface area contributed by atoms with Crippen LogP contribution in [0.1, 0.15) is 10.4 Å². The van der Waals surface area contributed by atoms with Crippen molar-refractivity contribution in [3.05, 3.63) is 52.6 Å². The Labute approximate surface area is 124 Å². The number of ether oxygens (including phenoxy) is 1. The van der Waals surface area contributed by atoms with Gasteiger partial charge in [0.2, 0.25) is 0 Å². The lowest BCUT2D eigenvalue weighted by Crippen LogP contribution is -2.30. The topological polar surface area (TPSA) is 42.7 Å². The summed E-state index contributed by atoms with van der Waals surface area (Å²) in [5.41, 5.74) is 0.467. The molecule has 2 rings (SSSR count). The molecule has 0 aliphatic rings. The van der Waals surface area contributed by atoms with Crippen LogP contribution in [0, 0.1) is 5.82 Å². The van der Waals surface area contributed by atoms with Gasteiger partial charge in [0.25, 0.3) is 5.91 Å². The molecule has 0 fully saturated rings. The number of benzene rings is 1. The largest absolute Gasteiger partial charge is 0.492 e. The first kappa shape index (κ1) is 14.6. The van der Waals surface area contributed by atoms with Gasteiger partial charge in [-0.15, -0.1) is 0 Å². The molecule has 0 unspecified atom stereocenters. The van der Waals surface area contributed by atoms with Gasteiger partial charge in [0.05, 0.1) is 18.4 Å². The van der Waals surface area contributed by atoms with Gasteiger partial charge in [0.1, 0.15) is 18.2 Å². The number of hydrogen-bond donors (Lipinski definition) is 0. The number of carbonyl (C=O) groups excluding carboxylic acids is 1. The van der Waals surface area contributed by atoms with E-state index in [2.05, 4.69) is 15.9 Å². The summed E-state index contributed by atoms with van der Waals surface area (Å²) < 4.78 is 23.6. The molecule has 0 saturated carbocycles. The fourth-order valence-corrected chi connectivity index (χ4v) is 1.99. The zero-order valence-electron chi connectivity index (χ0n) is 10.8. The lowest BCUT2D eigenvalue weighted by atomic mass is 10.3. The Bertz CT molecular complexity index is 582. The van der Waals surface area contributed by atoms with Crippen molar-refractivity contribution < 1.29 is 18.3 Å². The standard InChI is InChI=1S/C14H13BrFNO3/c1-17(14(18)12-6-8-20-13(12)15)7-9-19-11-4-2-10(16)3-5-11/h2-6,8H,7,9H2,1H3. The summed E-state index contributed by atoms with van der Waals surface area (Å²) in [4.78, 5) is 13.6. The quantitative estimate of drug-likeness (QED) is 0.837. The summed E-state index contributed by atoms with van der Waals surface area (Å²) >= 11 is 3.17. The van der Waals surface area contributed by atoms with Crippen LogP contribution in [0.3, 0.4) is 0 Å². The van der Waals surface area contributed by atoms with Crippen LogP contribution in [-0.2, 0) is 0 Å². The van der Waals surface area contributed by atoms with Gasteiger partial charge in [-0.2, -0.15) is 0 Å². The normalized spacial score (nSPS) is 10.3. The van der Waals surface area contributed by atoms with Gasteiger partial charge in [-0.05, 0) is 46.3 Å². The van der Waals surface area contributed by atoms with Gasteiger partial charge in [-0.25, -0.2) is 4.39 Å². The zero-order chi connectivity index (χ0) is 14.5. The average molecular weight is 342 g/mol. The van der Waals surface area contributed by atoms with E-state index in [9.17, 15) is 9.18 Å². The van der Waals surface area contributed by atoms with Crippen molar-refractivity contribution >= 4 is 21.8 Å². The van der Waals surface area contributed by atoms with Gasteiger partial charge < -0.3 is 14.1 Å². The summed E-state index contributed by atoms with van der Waals surface area (Å²) in [5, 5.41) is 0. The van der Waals surface area contributed by atoms with Crippen molar-refractivity contribution in [1.29, 1.82) is 0 Å². The highest BCUT2D eigenvalue weighted by Crippen LogP contribution is 2.19. The second-order valence-electron chi connectivity index (χ2n) is 4.14. The zero-order valence-corrected chi connectivity index (χ0v) is 12.4. The molecule has 106 valence electrons. The molecule has 0 bridgehead atoms. The van der Waals surface area contributed by atoms with Crippen molar-refractivity contribution in [3.63, 3.8) is 0 Å². The summed E-state index contributed by atoms with van der Waals surface area (Å²) in [7, 11) is 1.68. The molecule has 1 aromatic heterocycles. The number of amides is 1. The van der Waals surface area contributed by atoms with Crippen LogP contribution in [-0.4, -0.2) is 31.0 Å². The molecule has 0 radical (unpaired) electrons. The van der Waals surface area contributed by atoms with Gasteiger partial charge in [-0.1, -0.05) is 0 Å². The van der Waals surface area contributed by atoms with E-state index < -0.39 is 0 Å². The Kier molecular flexibility index (Phi) is 4.79. The highest BCUT2D eigenvalue weighted by molar-refractivity contribution is 9.10. The van der Waals surface area contributed by atoms with Crippen LogP contribution < -0.4 is 4.74 Å². The smallest absolute Gasteiger partial charge is 0.258 e. The number of likely N-dealkylation sites (N-methyl/N-ethyl adjacent to an activating group) is 1. The third-order valence-corrected chi connectivity index (χ3v) is 3.32. The fraction of sp³-hybridized carbons (Fsp3) is 0.214. The number of carbonyl (C=O) groups is 1. The molecule has 0 saturated heterocycles. The van der Waals surface area contributed by atoms with Crippen molar-refractivity contribution in [2.45, 2.75) is 0 Å². The van der Waals surface area contributed by atoms with Crippen molar-refractivity contribution in [2.75, 3.05) is 20.2 Å². The molecule has 20 heavy (non-hydrogen) atoms. The molecular weight excluding hydrogens is 329 g/mol. The number of furan rings is 1. The number of rotatable bonds is 5. The van der Waals surface area contributed by atoms with Crippen molar-refractivity contribution in [1.82, 2.24) is 4.90 Å². The highest BCUT2D eigenvalue weighted by Gasteiger charge is 2.16. The van der Waals surface area contributed by atoms with Gasteiger partial charge in [0, 0.05) is 7.05 Å². The first-order chi connectivity index (χ1) is 9.58. The molecule has 1 amide bonds. The SMILES string of the molecule is CN(CCOc1ccc(F)cc1)C(=O)c1ccoc1Br. The van der Waals surface area contributed by atoms with Crippen LogP contribution in [0.5, 0.6) is 5.75 Å². The Hall–Kier alpha value is -1.82. The van der Waals surface area contributed by atoms with E-state index in [-0.39, 0.29) is 11.7 Å². The van der Waals surface area contributed by atoms with Crippen molar-refractivity contribution in [2.24, 2.45) is 0 Å². The van der Waals surface area contributed by atoms with Crippen LogP contribution in [0.2, 0.25) is 0 Å². The van der Waals surface area contributed by atoms with E-state index in [1.807, 2.05) is 0 Å². The molecule has 6 heteroatoms. The number of hydrogen-bond acceptors (Lipinski definition) is 3. The van der Waals surface area contributed by atoms with Crippen LogP contribution in [0.15, 0.2) is 45.7 Å². The molecule has 1 aromatic carbocycles. The van der Waals surface area contributed by atoms with E-state index in [0.717, 1.165) is 0 Å². The average Bonchev–Trinajstić information content (AvgIpc) is 2.86. The number of halogens is 2. The summed E-state index contributed by atoms with van der Waals surface area (Å²) in [6.45, 7) is 0.733. The lowest BCUT2D eigenvalue weighted by molar-refractivity contribution is 0.0772. The second-order valence-corrected chi connectivity index (χ2v) is 4.86. The third-order valence-electron chi connectivity index (χ3n) is 2.70. The monoisotopic (exact) mass is 341 g/mol. The minimum absolute atomic E-state index is 0.159. The van der Waals surface area contributed by atoms with E-state index in [0.29, 0.717) is 29.1 Å². The maximum Gasteiger partial charge on any atom is 0.258 e. The Morgan fingerprint density at radius 2 is 2.05 bits per heavy atom. The Morgan fingerprint density at radius 1 is 1.35 bits per heavy atom. The number of nitrogens with zero attached hydrogens (tertiary/aromatic N) is 1. The highest BCUT2D eigenvalue weighted by atomic mass is 79.9. The molecular formula is C14H13BrFNO3. The molecule has 0 spiro atoms. The maximum atomic E-state index is 12.7. The van der Waals surface area contributed by atoms with E-state index in [4.69, 9.17) is 9.15 Å². The van der Waals surface area contributed by atoms with Crippen LogP contribution >= 0.6 is 15.9 Å². The van der Waals surface area contributed by atoms with Gasteiger partial charge in [0.15, 0.2) is 4.67 Å². The maximum absolute atomic E-state index is 12.7. The first-order valence-corrected chi connectivity index (χ1v) is 6.74. The van der Waals surface area contributed by atoms with Crippen LogP contribution in [0.25, 0.3) is 0 Å².